The molecule has 114 valence electrons. The lowest BCUT2D eigenvalue weighted by atomic mass is 10.2. The summed E-state index contributed by atoms with van der Waals surface area (Å²) in [5.41, 5.74) is 0.827. The van der Waals surface area contributed by atoms with Gasteiger partial charge in [-0.15, -0.1) is 11.8 Å². The zero-order chi connectivity index (χ0) is 15.6. The van der Waals surface area contributed by atoms with Crippen LogP contribution in [-0.2, 0) is 9.59 Å². The second-order valence-corrected chi connectivity index (χ2v) is 6.27. The van der Waals surface area contributed by atoms with Crippen LogP contribution in [0.25, 0.3) is 0 Å². The molecule has 1 saturated heterocycles. The second-order valence-electron chi connectivity index (χ2n) is 4.83. The molecule has 2 atom stereocenters. The van der Waals surface area contributed by atoms with Crippen molar-refractivity contribution in [2.45, 2.75) is 26.0 Å². The predicted octanol–water partition coefficient (Wildman–Crippen LogP) is 2.40. The zero-order valence-electron chi connectivity index (χ0n) is 11.7. The zero-order valence-corrected chi connectivity index (χ0v) is 13.3. The summed E-state index contributed by atoms with van der Waals surface area (Å²) in [5, 5.41) is 9.71. The Bertz CT molecular complexity index is 566. The monoisotopic (exact) mass is 329 g/mol. The Labute approximate surface area is 132 Å². The quantitative estimate of drug-likeness (QED) is 0.918. The molecular weight excluding hydrogens is 314 g/mol. The summed E-state index contributed by atoms with van der Waals surface area (Å²) in [7, 11) is 0. The van der Waals surface area contributed by atoms with Crippen LogP contribution in [0, 0.1) is 6.92 Å². The van der Waals surface area contributed by atoms with Crippen LogP contribution in [0.4, 0.5) is 0 Å². The first-order valence-electron chi connectivity index (χ1n) is 6.44. The van der Waals surface area contributed by atoms with Crippen molar-refractivity contribution in [3.05, 3.63) is 28.8 Å². The van der Waals surface area contributed by atoms with Crippen LogP contribution in [0.1, 0.15) is 12.5 Å². The van der Waals surface area contributed by atoms with Crippen LogP contribution in [-0.4, -0.2) is 45.7 Å². The first-order valence-corrected chi connectivity index (χ1v) is 7.97. The van der Waals surface area contributed by atoms with Gasteiger partial charge >= 0.3 is 5.97 Å². The van der Waals surface area contributed by atoms with Gasteiger partial charge in [0.05, 0.1) is 5.88 Å². The molecule has 0 spiro atoms. The van der Waals surface area contributed by atoms with Crippen LogP contribution in [0.15, 0.2) is 18.2 Å². The number of benzene rings is 1. The SMILES string of the molecule is Cc1cc(Cl)ccc1OC(C)C(=O)N1CSCC1C(=O)O. The topological polar surface area (TPSA) is 66.8 Å². The van der Waals surface area contributed by atoms with Crippen LogP contribution < -0.4 is 4.74 Å². The number of ether oxygens (including phenoxy) is 1. The number of thioether (sulfide) groups is 1. The van der Waals surface area contributed by atoms with E-state index in [1.54, 1.807) is 25.1 Å². The number of carboxylic acids is 1. The van der Waals surface area contributed by atoms with Crippen LogP contribution in [0.5, 0.6) is 5.75 Å². The largest absolute Gasteiger partial charge is 0.481 e. The van der Waals surface area contributed by atoms with Crippen molar-refractivity contribution in [2.24, 2.45) is 0 Å². The molecule has 1 N–H and O–H groups in total. The molecule has 1 aromatic carbocycles. The minimum Gasteiger partial charge on any atom is -0.481 e. The lowest BCUT2D eigenvalue weighted by Gasteiger charge is -2.25. The van der Waals surface area contributed by atoms with Gasteiger partial charge in [0.1, 0.15) is 11.8 Å². The van der Waals surface area contributed by atoms with Crippen molar-refractivity contribution in [1.29, 1.82) is 0 Å². The van der Waals surface area contributed by atoms with E-state index in [0.717, 1.165) is 5.56 Å². The first-order chi connectivity index (χ1) is 9.90. The van der Waals surface area contributed by atoms with E-state index in [-0.39, 0.29) is 5.91 Å². The van der Waals surface area contributed by atoms with Gasteiger partial charge in [-0.25, -0.2) is 4.79 Å². The molecule has 1 amide bonds. The van der Waals surface area contributed by atoms with Gasteiger partial charge in [0.15, 0.2) is 6.10 Å². The molecule has 7 heteroatoms. The summed E-state index contributed by atoms with van der Waals surface area (Å²) < 4.78 is 5.65. The number of carbonyl (C=O) groups is 2. The molecule has 1 aromatic rings. The van der Waals surface area contributed by atoms with E-state index < -0.39 is 18.1 Å². The number of rotatable bonds is 4. The summed E-state index contributed by atoms with van der Waals surface area (Å²) in [5.74, 6) is 0.0561. The molecule has 0 saturated carbocycles. The number of carboxylic acid groups (broad SMARTS) is 1. The lowest BCUT2D eigenvalue weighted by Crippen LogP contribution is -2.47. The first kappa shape index (κ1) is 16.0. The van der Waals surface area contributed by atoms with Crippen molar-refractivity contribution in [3.8, 4) is 5.75 Å². The molecule has 1 fully saturated rings. The van der Waals surface area contributed by atoms with Crippen LogP contribution >= 0.6 is 23.4 Å². The molecule has 0 bridgehead atoms. The highest BCUT2D eigenvalue weighted by atomic mass is 35.5. The standard InChI is InChI=1S/C14H16ClNO4S/c1-8-5-10(15)3-4-12(8)20-9(2)13(17)16-7-21-6-11(16)14(18)19/h3-5,9,11H,6-7H2,1-2H3,(H,18,19). The van der Waals surface area contributed by atoms with E-state index in [9.17, 15) is 9.59 Å². The number of hydrogen-bond donors (Lipinski definition) is 1. The van der Waals surface area contributed by atoms with Crippen LogP contribution in [0.3, 0.4) is 0 Å². The van der Waals surface area contributed by atoms with Gasteiger partial charge < -0.3 is 14.7 Å². The highest BCUT2D eigenvalue weighted by molar-refractivity contribution is 7.99. The fourth-order valence-electron chi connectivity index (χ4n) is 2.08. The maximum absolute atomic E-state index is 12.3. The molecule has 21 heavy (non-hydrogen) atoms. The summed E-state index contributed by atoms with van der Waals surface area (Å²) in [6.07, 6.45) is -0.745. The molecule has 0 aromatic heterocycles. The number of carbonyl (C=O) groups excluding carboxylic acids is 1. The smallest absolute Gasteiger partial charge is 0.327 e. The Balaban J connectivity index is 2.07. The minimum absolute atomic E-state index is 0.318. The van der Waals surface area contributed by atoms with Crippen molar-refractivity contribution in [3.63, 3.8) is 0 Å². The molecule has 2 unspecified atom stereocenters. The van der Waals surface area contributed by atoms with E-state index in [0.29, 0.717) is 22.4 Å². The number of aryl methyl sites for hydroxylation is 1. The Kier molecular flexibility index (Phi) is 5.00. The Morgan fingerprint density at radius 2 is 2.24 bits per heavy atom. The molecular formula is C14H16ClNO4S. The number of aliphatic carboxylic acids is 1. The maximum atomic E-state index is 12.3. The van der Waals surface area contributed by atoms with E-state index in [1.807, 2.05) is 6.92 Å². The van der Waals surface area contributed by atoms with Crippen LogP contribution in [0.2, 0.25) is 5.02 Å². The average Bonchev–Trinajstić information content (AvgIpc) is 2.90. The normalized spacial score (nSPS) is 19.4. The molecule has 0 radical (unpaired) electrons. The molecule has 0 aliphatic carbocycles. The van der Waals surface area contributed by atoms with Crippen molar-refractivity contribution < 1.29 is 19.4 Å². The average molecular weight is 330 g/mol. The van der Waals surface area contributed by atoms with Gasteiger partial charge in [0.25, 0.3) is 5.91 Å². The van der Waals surface area contributed by atoms with E-state index >= 15 is 0 Å². The van der Waals surface area contributed by atoms with E-state index in [4.69, 9.17) is 21.4 Å². The summed E-state index contributed by atoms with van der Waals surface area (Å²) in [4.78, 5) is 24.8. The molecule has 1 aliphatic rings. The molecule has 1 aliphatic heterocycles. The number of amides is 1. The van der Waals surface area contributed by atoms with Gasteiger partial charge in [-0.05, 0) is 37.6 Å². The maximum Gasteiger partial charge on any atom is 0.327 e. The fraction of sp³-hybridized carbons (Fsp3) is 0.429. The van der Waals surface area contributed by atoms with Gasteiger partial charge in [-0.3, -0.25) is 4.79 Å². The summed E-state index contributed by atoms with van der Waals surface area (Å²) in [6.45, 7) is 3.46. The number of nitrogens with zero attached hydrogens (tertiary/aromatic N) is 1. The van der Waals surface area contributed by atoms with E-state index in [1.165, 1.54) is 16.7 Å². The Morgan fingerprint density at radius 3 is 2.86 bits per heavy atom. The third-order valence-corrected chi connectivity index (χ3v) is 4.49. The Morgan fingerprint density at radius 1 is 1.52 bits per heavy atom. The molecule has 2 rings (SSSR count). The predicted molar refractivity (Wildman–Crippen MR) is 81.9 cm³/mol. The van der Waals surface area contributed by atoms with Gasteiger partial charge in [-0.2, -0.15) is 0 Å². The highest BCUT2D eigenvalue weighted by Gasteiger charge is 2.37. The van der Waals surface area contributed by atoms with Gasteiger partial charge in [0.2, 0.25) is 0 Å². The summed E-state index contributed by atoms with van der Waals surface area (Å²) >= 11 is 7.30. The number of hydrogen-bond acceptors (Lipinski definition) is 4. The van der Waals surface area contributed by atoms with Gasteiger partial charge in [-0.1, -0.05) is 11.6 Å². The second kappa shape index (κ2) is 6.58. The number of halogens is 1. The molecule has 1 heterocycles. The third-order valence-electron chi connectivity index (χ3n) is 3.24. The summed E-state index contributed by atoms with van der Waals surface area (Å²) in [6, 6.07) is 4.36. The van der Waals surface area contributed by atoms with E-state index in [2.05, 4.69) is 0 Å². The Hall–Kier alpha value is -1.40. The van der Waals surface area contributed by atoms with Crippen molar-refractivity contribution in [1.82, 2.24) is 4.90 Å². The fourth-order valence-corrected chi connectivity index (χ4v) is 3.47. The minimum atomic E-state index is -0.983. The highest BCUT2D eigenvalue weighted by Crippen LogP contribution is 2.25. The van der Waals surface area contributed by atoms with Gasteiger partial charge in [0, 0.05) is 10.8 Å². The van der Waals surface area contributed by atoms with Crippen molar-refractivity contribution >= 4 is 35.2 Å². The molecule has 5 nitrogen and oxygen atoms in total. The third kappa shape index (κ3) is 3.63. The van der Waals surface area contributed by atoms with Crippen molar-refractivity contribution in [2.75, 3.05) is 11.6 Å². The lowest BCUT2D eigenvalue weighted by molar-refractivity contribution is -0.150.